The predicted molar refractivity (Wildman–Crippen MR) is 76.7 cm³/mol. The number of hydrogen-bond acceptors (Lipinski definition) is 3. The fourth-order valence-corrected chi connectivity index (χ4v) is 3.03. The van der Waals surface area contributed by atoms with E-state index in [-0.39, 0.29) is 10.8 Å². The van der Waals surface area contributed by atoms with Crippen molar-refractivity contribution in [1.29, 1.82) is 0 Å². The van der Waals surface area contributed by atoms with Crippen molar-refractivity contribution in [2.75, 3.05) is 13.1 Å². The summed E-state index contributed by atoms with van der Waals surface area (Å²) >= 11 is 0. The molecule has 1 saturated heterocycles. The molecular formula is C14H20N2O3S. The third-order valence-electron chi connectivity index (χ3n) is 3.91. The molecule has 5 nitrogen and oxygen atoms in total. The lowest BCUT2D eigenvalue weighted by Crippen LogP contribution is -2.38. The van der Waals surface area contributed by atoms with Crippen LogP contribution in [0.5, 0.6) is 0 Å². The van der Waals surface area contributed by atoms with E-state index < -0.39 is 10.0 Å². The summed E-state index contributed by atoms with van der Waals surface area (Å²) in [4.78, 5) is 14.2. The lowest BCUT2D eigenvalue weighted by atomic mass is 9.94. The van der Waals surface area contributed by atoms with E-state index in [2.05, 4.69) is 6.92 Å². The first-order chi connectivity index (χ1) is 9.41. The normalized spacial score (nSPS) is 17.2. The number of likely N-dealkylation sites (tertiary alicyclic amines) is 1. The Labute approximate surface area is 119 Å². The van der Waals surface area contributed by atoms with Gasteiger partial charge in [-0.25, -0.2) is 13.6 Å². The number of carbonyl (C=O) groups is 1. The van der Waals surface area contributed by atoms with E-state index in [1.165, 1.54) is 24.3 Å². The van der Waals surface area contributed by atoms with Crippen molar-refractivity contribution >= 4 is 15.9 Å². The minimum atomic E-state index is -3.71. The Balaban J connectivity index is 2.07. The first-order valence-corrected chi connectivity index (χ1v) is 8.38. The summed E-state index contributed by atoms with van der Waals surface area (Å²) in [6, 6.07) is 5.80. The van der Waals surface area contributed by atoms with E-state index in [1.807, 2.05) is 4.90 Å². The van der Waals surface area contributed by atoms with Crippen LogP contribution in [0.15, 0.2) is 29.2 Å². The van der Waals surface area contributed by atoms with Gasteiger partial charge >= 0.3 is 0 Å². The third-order valence-corrected chi connectivity index (χ3v) is 4.84. The minimum absolute atomic E-state index is 0.0266. The van der Waals surface area contributed by atoms with Crippen LogP contribution in [0.3, 0.4) is 0 Å². The number of benzene rings is 1. The van der Waals surface area contributed by atoms with Crippen LogP contribution < -0.4 is 5.14 Å². The van der Waals surface area contributed by atoms with Crippen LogP contribution in [-0.4, -0.2) is 32.3 Å². The van der Waals surface area contributed by atoms with Gasteiger partial charge in [-0.1, -0.05) is 13.3 Å². The van der Waals surface area contributed by atoms with E-state index in [0.717, 1.165) is 32.4 Å². The Morgan fingerprint density at radius 2 is 1.80 bits per heavy atom. The van der Waals surface area contributed by atoms with Crippen molar-refractivity contribution < 1.29 is 13.2 Å². The van der Waals surface area contributed by atoms with E-state index >= 15 is 0 Å². The predicted octanol–water partition coefficient (Wildman–Crippen LogP) is 1.60. The molecule has 20 heavy (non-hydrogen) atoms. The molecule has 110 valence electrons. The number of primary sulfonamides is 1. The summed E-state index contributed by atoms with van der Waals surface area (Å²) in [5, 5.41) is 5.03. The molecule has 0 saturated carbocycles. The van der Waals surface area contributed by atoms with Crippen molar-refractivity contribution in [1.82, 2.24) is 4.90 Å². The van der Waals surface area contributed by atoms with Crippen LogP contribution in [0.2, 0.25) is 0 Å². The highest BCUT2D eigenvalue weighted by atomic mass is 32.2. The van der Waals surface area contributed by atoms with Crippen molar-refractivity contribution in [3.63, 3.8) is 0 Å². The maximum Gasteiger partial charge on any atom is 0.253 e. The van der Waals surface area contributed by atoms with Gasteiger partial charge in [0.25, 0.3) is 5.91 Å². The van der Waals surface area contributed by atoms with Gasteiger partial charge in [-0.15, -0.1) is 0 Å². The molecule has 6 heteroatoms. The molecule has 0 atom stereocenters. The van der Waals surface area contributed by atoms with Gasteiger partial charge in [0, 0.05) is 18.7 Å². The molecule has 0 aliphatic carbocycles. The van der Waals surface area contributed by atoms with Crippen molar-refractivity contribution in [2.24, 2.45) is 11.1 Å². The number of carbonyl (C=O) groups excluding carboxylic acids is 1. The molecule has 0 spiro atoms. The fourth-order valence-electron chi connectivity index (χ4n) is 2.51. The molecule has 1 heterocycles. The second-order valence-corrected chi connectivity index (χ2v) is 6.77. The number of rotatable bonds is 3. The second kappa shape index (κ2) is 5.93. The number of nitrogens with zero attached hydrogens (tertiary/aromatic N) is 1. The molecule has 1 fully saturated rings. The van der Waals surface area contributed by atoms with Crippen LogP contribution in [0, 0.1) is 5.92 Å². The minimum Gasteiger partial charge on any atom is -0.339 e. The topological polar surface area (TPSA) is 80.5 Å². The number of sulfonamides is 1. The molecule has 1 amide bonds. The average molecular weight is 296 g/mol. The molecule has 1 aromatic carbocycles. The van der Waals surface area contributed by atoms with Gasteiger partial charge in [0.05, 0.1) is 4.90 Å². The molecule has 2 rings (SSSR count). The second-order valence-electron chi connectivity index (χ2n) is 5.21. The molecule has 0 radical (unpaired) electrons. The highest BCUT2D eigenvalue weighted by molar-refractivity contribution is 7.89. The third kappa shape index (κ3) is 3.37. The molecular weight excluding hydrogens is 276 g/mol. The maximum absolute atomic E-state index is 12.3. The molecule has 0 aromatic heterocycles. The van der Waals surface area contributed by atoms with Gasteiger partial charge in [-0.05, 0) is 43.0 Å². The lowest BCUT2D eigenvalue weighted by molar-refractivity contribution is 0.0688. The first-order valence-electron chi connectivity index (χ1n) is 6.84. The zero-order valence-electron chi connectivity index (χ0n) is 11.6. The van der Waals surface area contributed by atoms with Gasteiger partial charge in [-0.2, -0.15) is 0 Å². The van der Waals surface area contributed by atoms with E-state index in [1.54, 1.807) is 0 Å². The van der Waals surface area contributed by atoms with Crippen LogP contribution >= 0.6 is 0 Å². The molecule has 1 aromatic rings. The summed E-state index contributed by atoms with van der Waals surface area (Å²) < 4.78 is 22.3. The largest absolute Gasteiger partial charge is 0.339 e. The number of hydrogen-bond donors (Lipinski definition) is 1. The van der Waals surface area contributed by atoms with E-state index in [0.29, 0.717) is 11.5 Å². The summed E-state index contributed by atoms with van der Waals surface area (Å²) in [5.41, 5.74) is 0.507. The molecule has 0 unspecified atom stereocenters. The Morgan fingerprint density at radius 1 is 1.25 bits per heavy atom. The fraction of sp³-hybridized carbons (Fsp3) is 0.500. The molecule has 0 bridgehead atoms. The summed E-state index contributed by atoms with van der Waals surface area (Å²) in [5.74, 6) is 0.671. The van der Waals surface area contributed by atoms with Crippen molar-refractivity contribution in [3.05, 3.63) is 29.8 Å². The van der Waals surface area contributed by atoms with Crippen LogP contribution in [0.4, 0.5) is 0 Å². The average Bonchev–Trinajstić information content (AvgIpc) is 2.46. The van der Waals surface area contributed by atoms with Gasteiger partial charge < -0.3 is 4.90 Å². The summed E-state index contributed by atoms with van der Waals surface area (Å²) in [7, 11) is -3.71. The highest BCUT2D eigenvalue weighted by Gasteiger charge is 2.22. The number of amides is 1. The highest BCUT2D eigenvalue weighted by Crippen LogP contribution is 2.21. The van der Waals surface area contributed by atoms with Crippen LogP contribution in [-0.2, 0) is 10.0 Å². The Morgan fingerprint density at radius 3 is 2.25 bits per heavy atom. The van der Waals surface area contributed by atoms with Gasteiger partial charge in [0.2, 0.25) is 10.0 Å². The zero-order valence-corrected chi connectivity index (χ0v) is 12.4. The maximum atomic E-state index is 12.3. The van der Waals surface area contributed by atoms with Crippen LogP contribution in [0.1, 0.15) is 36.5 Å². The molecule has 2 N–H and O–H groups in total. The van der Waals surface area contributed by atoms with Crippen molar-refractivity contribution in [2.45, 2.75) is 31.1 Å². The van der Waals surface area contributed by atoms with E-state index in [4.69, 9.17) is 5.14 Å². The molecule has 1 aliphatic rings. The quantitative estimate of drug-likeness (QED) is 0.920. The lowest BCUT2D eigenvalue weighted by Gasteiger charge is -2.31. The first kappa shape index (κ1) is 15.0. The Kier molecular flexibility index (Phi) is 4.45. The van der Waals surface area contributed by atoms with Crippen LogP contribution in [0.25, 0.3) is 0 Å². The van der Waals surface area contributed by atoms with E-state index in [9.17, 15) is 13.2 Å². The zero-order chi connectivity index (χ0) is 14.8. The van der Waals surface area contributed by atoms with Gasteiger partial charge in [0.15, 0.2) is 0 Å². The standard InChI is InChI=1S/C14H20N2O3S/c1-2-11-7-9-16(10-8-11)14(17)12-3-5-13(6-4-12)20(15,18)19/h3-6,11H,2,7-10H2,1H3,(H2,15,18,19). The summed E-state index contributed by atoms with van der Waals surface area (Å²) in [6.07, 6.45) is 3.24. The Hall–Kier alpha value is -1.40. The monoisotopic (exact) mass is 296 g/mol. The Bertz CT molecular complexity index is 573. The summed E-state index contributed by atoms with van der Waals surface area (Å²) in [6.45, 7) is 3.72. The number of nitrogens with two attached hydrogens (primary N) is 1. The number of piperidine rings is 1. The smallest absolute Gasteiger partial charge is 0.253 e. The van der Waals surface area contributed by atoms with Gasteiger partial charge in [-0.3, -0.25) is 4.79 Å². The SMILES string of the molecule is CCC1CCN(C(=O)c2ccc(S(N)(=O)=O)cc2)CC1. The molecule has 1 aliphatic heterocycles. The van der Waals surface area contributed by atoms with Crippen molar-refractivity contribution in [3.8, 4) is 0 Å². The van der Waals surface area contributed by atoms with Gasteiger partial charge in [0.1, 0.15) is 0 Å².